The quantitative estimate of drug-likeness (QED) is 0.629. The van der Waals surface area contributed by atoms with Gasteiger partial charge < -0.3 is 4.90 Å². The number of benzene rings is 2. The van der Waals surface area contributed by atoms with Crippen LogP contribution in [-0.4, -0.2) is 52.2 Å². The van der Waals surface area contributed by atoms with Gasteiger partial charge in [-0.2, -0.15) is 5.10 Å². The van der Waals surface area contributed by atoms with Gasteiger partial charge in [0, 0.05) is 37.0 Å². The lowest BCUT2D eigenvalue weighted by Gasteiger charge is -2.24. The monoisotopic (exact) mass is 376 g/mol. The molecule has 2 aromatic carbocycles. The first-order valence-electron chi connectivity index (χ1n) is 9.59. The number of amides is 1. The van der Waals surface area contributed by atoms with E-state index in [1.54, 1.807) is 4.90 Å². The Kier molecular flexibility index (Phi) is 6.26. The second-order valence-corrected chi connectivity index (χ2v) is 7.42. The molecule has 3 aromatic rings. The van der Waals surface area contributed by atoms with Crippen LogP contribution >= 0.6 is 0 Å². The summed E-state index contributed by atoms with van der Waals surface area (Å²) < 4.78 is 1.91. The van der Waals surface area contributed by atoms with Crippen molar-refractivity contribution in [3.63, 3.8) is 0 Å². The fraction of sp³-hybridized carbons (Fsp3) is 0.304. The highest BCUT2D eigenvalue weighted by Gasteiger charge is 2.18. The van der Waals surface area contributed by atoms with Gasteiger partial charge in [0.1, 0.15) is 0 Å². The Labute approximate surface area is 167 Å². The van der Waals surface area contributed by atoms with E-state index in [9.17, 15) is 4.79 Å². The molecule has 3 rings (SSSR count). The van der Waals surface area contributed by atoms with Gasteiger partial charge in [-0.15, -0.1) is 0 Å². The summed E-state index contributed by atoms with van der Waals surface area (Å²) in [4.78, 5) is 16.3. The lowest BCUT2D eigenvalue weighted by atomic mass is 10.1. The van der Waals surface area contributed by atoms with Crippen LogP contribution in [0.25, 0.3) is 16.9 Å². The van der Waals surface area contributed by atoms with E-state index in [0.717, 1.165) is 22.5 Å². The van der Waals surface area contributed by atoms with Gasteiger partial charge in [-0.1, -0.05) is 48.5 Å². The molecule has 0 atom stereocenters. The third-order valence-corrected chi connectivity index (χ3v) is 4.87. The third-order valence-electron chi connectivity index (χ3n) is 4.87. The molecule has 0 aliphatic rings. The Morgan fingerprint density at radius 1 is 1.00 bits per heavy atom. The van der Waals surface area contributed by atoms with E-state index in [-0.39, 0.29) is 11.9 Å². The van der Waals surface area contributed by atoms with E-state index in [1.807, 2.05) is 86.1 Å². The van der Waals surface area contributed by atoms with Gasteiger partial charge in [0.15, 0.2) is 0 Å². The van der Waals surface area contributed by atoms with Crippen LogP contribution in [0.5, 0.6) is 0 Å². The van der Waals surface area contributed by atoms with Crippen LogP contribution in [0.15, 0.2) is 66.9 Å². The van der Waals surface area contributed by atoms with E-state index in [0.29, 0.717) is 13.1 Å². The molecule has 28 heavy (non-hydrogen) atoms. The zero-order valence-corrected chi connectivity index (χ0v) is 17.0. The molecule has 1 heterocycles. The summed E-state index contributed by atoms with van der Waals surface area (Å²) in [5.74, 6) is 0.120. The zero-order valence-electron chi connectivity index (χ0n) is 17.0. The maximum atomic E-state index is 12.4. The molecule has 0 saturated heterocycles. The maximum Gasteiger partial charge on any atom is 0.236 e. The number of hydrogen-bond acceptors (Lipinski definition) is 3. The summed E-state index contributed by atoms with van der Waals surface area (Å²) in [6.07, 6.45) is 2.06. The SMILES string of the molecule is CC(C)N(C)C(=O)CN(C)Cc1cn(-c2ccccc2)nc1-c1ccccc1. The highest BCUT2D eigenvalue weighted by molar-refractivity contribution is 5.78. The van der Waals surface area contributed by atoms with Gasteiger partial charge >= 0.3 is 0 Å². The lowest BCUT2D eigenvalue weighted by molar-refractivity contribution is -0.132. The standard InChI is InChI=1S/C23H28N4O/c1-18(2)26(4)22(28)17-25(3)15-20-16-27(21-13-9-6-10-14-21)24-23(20)19-11-7-5-8-12-19/h5-14,16,18H,15,17H2,1-4H3. The molecule has 1 aromatic heterocycles. The molecule has 0 aliphatic heterocycles. The van der Waals surface area contributed by atoms with Crippen molar-refractivity contribution in [3.8, 4) is 16.9 Å². The summed E-state index contributed by atoms with van der Waals surface area (Å²) >= 11 is 0. The fourth-order valence-corrected chi connectivity index (χ4v) is 3.05. The minimum atomic E-state index is 0.120. The van der Waals surface area contributed by atoms with E-state index in [1.165, 1.54) is 0 Å². The highest BCUT2D eigenvalue weighted by atomic mass is 16.2. The number of nitrogens with zero attached hydrogens (tertiary/aromatic N) is 4. The molecule has 0 N–H and O–H groups in total. The molecule has 0 saturated carbocycles. The van der Waals surface area contributed by atoms with Gasteiger partial charge in [0.2, 0.25) is 5.91 Å². The average molecular weight is 377 g/mol. The normalized spacial score (nSPS) is 11.2. The first-order chi connectivity index (χ1) is 13.5. The summed E-state index contributed by atoms with van der Waals surface area (Å²) in [5.41, 5.74) is 4.13. The van der Waals surface area contributed by atoms with Gasteiger partial charge in [0.05, 0.1) is 17.9 Å². The van der Waals surface area contributed by atoms with Crippen molar-refractivity contribution in [2.75, 3.05) is 20.6 Å². The van der Waals surface area contributed by atoms with Crippen molar-refractivity contribution < 1.29 is 4.79 Å². The molecular formula is C23H28N4O. The Morgan fingerprint density at radius 2 is 1.61 bits per heavy atom. The van der Waals surface area contributed by atoms with Crippen LogP contribution < -0.4 is 0 Å². The molecule has 0 radical (unpaired) electrons. The van der Waals surface area contributed by atoms with E-state index in [4.69, 9.17) is 5.10 Å². The lowest BCUT2D eigenvalue weighted by Crippen LogP contribution is -2.39. The minimum Gasteiger partial charge on any atom is -0.342 e. The fourth-order valence-electron chi connectivity index (χ4n) is 3.05. The van der Waals surface area contributed by atoms with Crippen molar-refractivity contribution in [1.29, 1.82) is 0 Å². The molecule has 5 nitrogen and oxygen atoms in total. The largest absolute Gasteiger partial charge is 0.342 e. The Hall–Kier alpha value is -2.92. The number of rotatable bonds is 7. The molecule has 5 heteroatoms. The van der Waals surface area contributed by atoms with Gasteiger partial charge in [-0.25, -0.2) is 4.68 Å². The molecule has 146 valence electrons. The summed E-state index contributed by atoms with van der Waals surface area (Å²) in [6, 6.07) is 20.5. The second kappa shape index (κ2) is 8.85. The molecule has 0 bridgehead atoms. The van der Waals surface area contributed by atoms with Gasteiger partial charge in [0.25, 0.3) is 0 Å². The number of para-hydroxylation sites is 1. The number of likely N-dealkylation sites (N-methyl/N-ethyl adjacent to an activating group) is 2. The van der Waals surface area contributed by atoms with Crippen LogP contribution in [0.2, 0.25) is 0 Å². The molecular weight excluding hydrogens is 348 g/mol. The predicted molar refractivity (Wildman–Crippen MR) is 113 cm³/mol. The summed E-state index contributed by atoms with van der Waals surface area (Å²) in [5, 5.41) is 4.84. The van der Waals surface area contributed by atoms with Crippen LogP contribution in [-0.2, 0) is 11.3 Å². The van der Waals surface area contributed by atoms with Crippen molar-refractivity contribution >= 4 is 5.91 Å². The van der Waals surface area contributed by atoms with E-state index in [2.05, 4.69) is 18.3 Å². The zero-order chi connectivity index (χ0) is 20.1. The molecule has 0 unspecified atom stereocenters. The van der Waals surface area contributed by atoms with E-state index < -0.39 is 0 Å². The second-order valence-electron chi connectivity index (χ2n) is 7.42. The van der Waals surface area contributed by atoms with Gasteiger partial charge in [-0.3, -0.25) is 9.69 Å². The molecule has 0 spiro atoms. The Morgan fingerprint density at radius 3 is 2.21 bits per heavy atom. The third kappa shape index (κ3) is 4.67. The average Bonchev–Trinajstić information content (AvgIpc) is 3.12. The van der Waals surface area contributed by atoms with Gasteiger partial charge in [-0.05, 0) is 33.0 Å². The Bertz CT molecular complexity index is 903. The number of hydrogen-bond donors (Lipinski definition) is 0. The first-order valence-corrected chi connectivity index (χ1v) is 9.59. The van der Waals surface area contributed by atoms with E-state index >= 15 is 0 Å². The van der Waals surface area contributed by atoms with Crippen LogP contribution in [0, 0.1) is 0 Å². The number of carbonyl (C=O) groups is 1. The maximum absolute atomic E-state index is 12.4. The number of carbonyl (C=O) groups excluding carboxylic acids is 1. The predicted octanol–water partition coefficient (Wildman–Crippen LogP) is 3.84. The van der Waals surface area contributed by atoms with Crippen molar-refractivity contribution in [1.82, 2.24) is 19.6 Å². The first kappa shape index (κ1) is 19.8. The highest BCUT2D eigenvalue weighted by Crippen LogP contribution is 2.24. The molecule has 1 amide bonds. The topological polar surface area (TPSA) is 41.4 Å². The van der Waals surface area contributed by atoms with Crippen LogP contribution in [0.4, 0.5) is 0 Å². The van der Waals surface area contributed by atoms with Crippen molar-refractivity contribution in [2.24, 2.45) is 0 Å². The smallest absolute Gasteiger partial charge is 0.236 e. The van der Waals surface area contributed by atoms with Crippen LogP contribution in [0.1, 0.15) is 19.4 Å². The molecule has 0 aliphatic carbocycles. The van der Waals surface area contributed by atoms with Crippen molar-refractivity contribution in [3.05, 3.63) is 72.4 Å². The Balaban J connectivity index is 1.87. The molecule has 0 fully saturated rings. The summed E-state index contributed by atoms with van der Waals surface area (Å²) in [6.45, 7) is 5.07. The minimum absolute atomic E-state index is 0.120. The summed E-state index contributed by atoms with van der Waals surface area (Å²) in [7, 11) is 3.82. The van der Waals surface area contributed by atoms with Crippen LogP contribution in [0.3, 0.4) is 0 Å². The van der Waals surface area contributed by atoms with Crippen molar-refractivity contribution in [2.45, 2.75) is 26.4 Å². The number of aromatic nitrogens is 2.